The molecule has 0 spiro atoms. The van der Waals surface area contributed by atoms with Crippen molar-refractivity contribution in [2.45, 2.75) is 33.4 Å². The van der Waals surface area contributed by atoms with Crippen molar-refractivity contribution in [1.29, 1.82) is 0 Å². The van der Waals surface area contributed by atoms with Crippen LogP contribution in [-0.2, 0) is 6.54 Å². The summed E-state index contributed by atoms with van der Waals surface area (Å²) in [5.74, 6) is -1.28. The molecule has 2 N–H and O–H groups in total. The Labute approximate surface area is 168 Å². The fourth-order valence-corrected chi connectivity index (χ4v) is 3.59. The number of piperazine rings is 1. The summed E-state index contributed by atoms with van der Waals surface area (Å²) in [6.45, 7) is 8.93. The molecule has 0 unspecified atom stereocenters. The third-order valence-electron chi connectivity index (χ3n) is 5.05. The van der Waals surface area contributed by atoms with E-state index in [-0.39, 0.29) is 11.3 Å². The number of benzene rings is 1. The second kappa shape index (κ2) is 8.43. The Morgan fingerprint density at radius 2 is 2.18 bits per heavy atom. The minimum Gasteiger partial charge on any atom is -0.618 e. The Balaban J connectivity index is 1.82. The number of hydrogen-bond acceptors (Lipinski definition) is 4. The Kier molecular flexibility index (Phi) is 6.17. The van der Waals surface area contributed by atoms with E-state index >= 15 is 0 Å². The topological polar surface area (TPSA) is 71.3 Å². The van der Waals surface area contributed by atoms with E-state index in [1.165, 1.54) is 6.92 Å². The summed E-state index contributed by atoms with van der Waals surface area (Å²) in [5, 5.41) is 18.4. The lowest BCUT2D eigenvalue weighted by Crippen LogP contribution is -2.48. The zero-order valence-corrected chi connectivity index (χ0v) is 16.9. The molecule has 3 rings (SSSR count). The number of carbonyl (C=O) groups is 1. The number of rotatable bonds is 4. The van der Waals surface area contributed by atoms with E-state index in [1.807, 2.05) is 13.0 Å². The lowest BCUT2D eigenvalue weighted by molar-refractivity contribution is -0.614. The molecule has 1 aromatic carbocycles. The number of aromatic nitrogens is 1. The second-order valence-electron chi connectivity index (χ2n) is 7.27. The highest BCUT2D eigenvalue weighted by atomic mass is 35.5. The maximum Gasteiger partial charge on any atom is 0.261 e. The van der Waals surface area contributed by atoms with Gasteiger partial charge in [0.15, 0.2) is 12.0 Å². The summed E-state index contributed by atoms with van der Waals surface area (Å²) in [5.41, 5.74) is 2.34. The molecular formula is C20H24ClFN4O2. The van der Waals surface area contributed by atoms with Gasteiger partial charge in [-0.3, -0.25) is 9.69 Å². The van der Waals surface area contributed by atoms with Gasteiger partial charge in [0.05, 0.1) is 0 Å². The van der Waals surface area contributed by atoms with Gasteiger partial charge in [-0.25, -0.2) is 0 Å². The summed E-state index contributed by atoms with van der Waals surface area (Å²) < 4.78 is 14.2. The standard InChI is InChI=1S/C20H24ClFN4O2/c1-12-9-25(5-4-23-12)10-15-6-17(21)8-19(13(15)2)24-20(27)16-7-18(22)14(3)26(28)11-16/h6-8,11-12,23H,4-5,9-10H2,1-3H3,(H,24,27)/t12-/m0/s1. The lowest BCUT2D eigenvalue weighted by atomic mass is 10.0. The summed E-state index contributed by atoms with van der Waals surface area (Å²) in [7, 11) is 0. The number of nitrogens with zero attached hydrogens (tertiary/aromatic N) is 2. The summed E-state index contributed by atoms with van der Waals surface area (Å²) >= 11 is 6.27. The molecule has 1 aliphatic rings. The highest BCUT2D eigenvalue weighted by Gasteiger charge is 2.20. The first-order chi connectivity index (χ1) is 13.2. The van der Waals surface area contributed by atoms with Crippen LogP contribution in [0, 0.1) is 24.9 Å². The van der Waals surface area contributed by atoms with E-state index in [2.05, 4.69) is 22.5 Å². The van der Waals surface area contributed by atoms with Gasteiger partial charge in [-0.15, -0.1) is 0 Å². The number of anilines is 1. The van der Waals surface area contributed by atoms with Gasteiger partial charge >= 0.3 is 0 Å². The average molecular weight is 407 g/mol. The number of pyridine rings is 1. The molecule has 1 saturated heterocycles. The maximum absolute atomic E-state index is 13.8. The van der Waals surface area contributed by atoms with Crippen LogP contribution in [0.25, 0.3) is 0 Å². The molecule has 28 heavy (non-hydrogen) atoms. The van der Waals surface area contributed by atoms with Crippen molar-refractivity contribution in [2.75, 3.05) is 25.0 Å². The van der Waals surface area contributed by atoms with Crippen LogP contribution in [0.3, 0.4) is 0 Å². The molecule has 1 aromatic heterocycles. The highest BCUT2D eigenvalue weighted by Crippen LogP contribution is 2.27. The minimum atomic E-state index is -0.723. The van der Waals surface area contributed by atoms with Gasteiger partial charge in [0, 0.05) is 49.9 Å². The molecule has 1 amide bonds. The molecule has 2 aromatic rings. The molecule has 0 saturated carbocycles. The number of nitrogens with one attached hydrogen (secondary N) is 2. The Hall–Kier alpha value is -2.22. The first-order valence-corrected chi connectivity index (χ1v) is 9.58. The third-order valence-corrected chi connectivity index (χ3v) is 5.27. The summed E-state index contributed by atoms with van der Waals surface area (Å²) in [6, 6.07) is 5.04. The van der Waals surface area contributed by atoms with Gasteiger partial charge in [-0.1, -0.05) is 11.6 Å². The van der Waals surface area contributed by atoms with Crippen molar-refractivity contribution in [3.63, 3.8) is 0 Å². The number of halogens is 2. The van der Waals surface area contributed by atoms with Crippen molar-refractivity contribution in [3.8, 4) is 0 Å². The second-order valence-corrected chi connectivity index (χ2v) is 7.71. The predicted octanol–water partition coefficient (Wildman–Crippen LogP) is 2.78. The normalized spacial score (nSPS) is 17.5. The Morgan fingerprint density at radius 1 is 1.43 bits per heavy atom. The molecule has 2 heterocycles. The van der Waals surface area contributed by atoms with Crippen molar-refractivity contribution in [3.05, 3.63) is 62.8 Å². The molecule has 0 radical (unpaired) electrons. The van der Waals surface area contributed by atoms with Crippen LogP contribution in [0.4, 0.5) is 10.1 Å². The molecule has 1 atom stereocenters. The first-order valence-electron chi connectivity index (χ1n) is 9.20. The molecule has 150 valence electrons. The monoisotopic (exact) mass is 406 g/mol. The maximum atomic E-state index is 13.8. The van der Waals surface area contributed by atoms with Crippen LogP contribution in [0.15, 0.2) is 24.4 Å². The minimum absolute atomic E-state index is 0.0463. The van der Waals surface area contributed by atoms with Crippen LogP contribution < -0.4 is 15.4 Å². The number of carbonyl (C=O) groups excluding carboxylic acids is 1. The van der Waals surface area contributed by atoms with E-state index in [1.54, 1.807) is 6.07 Å². The lowest BCUT2D eigenvalue weighted by Gasteiger charge is -2.32. The summed E-state index contributed by atoms with van der Waals surface area (Å²) in [6.07, 6.45) is 1.07. The zero-order valence-electron chi connectivity index (χ0n) is 16.2. The first kappa shape index (κ1) is 20.5. The van der Waals surface area contributed by atoms with Gasteiger partial charge < -0.3 is 15.8 Å². The van der Waals surface area contributed by atoms with Gasteiger partial charge in [-0.05, 0) is 43.2 Å². The molecule has 0 aliphatic carbocycles. The SMILES string of the molecule is Cc1c(CN2CCN[C@@H](C)C2)cc(Cl)cc1NC(=O)c1cc(F)c(C)[n+]([O-])c1. The van der Waals surface area contributed by atoms with Crippen LogP contribution in [0.5, 0.6) is 0 Å². The van der Waals surface area contributed by atoms with Crippen molar-refractivity contribution < 1.29 is 13.9 Å². The summed E-state index contributed by atoms with van der Waals surface area (Å²) in [4.78, 5) is 14.9. The molecule has 6 nitrogen and oxygen atoms in total. The number of hydrogen-bond donors (Lipinski definition) is 2. The van der Waals surface area contributed by atoms with Crippen molar-refractivity contribution in [2.24, 2.45) is 0 Å². The van der Waals surface area contributed by atoms with Gasteiger partial charge in [0.2, 0.25) is 5.69 Å². The highest BCUT2D eigenvalue weighted by molar-refractivity contribution is 6.31. The fraction of sp³-hybridized carbons (Fsp3) is 0.400. The van der Waals surface area contributed by atoms with Crippen molar-refractivity contribution in [1.82, 2.24) is 10.2 Å². The molecule has 0 bridgehead atoms. The van der Waals surface area contributed by atoms with E-state index in [0.717, 1.165) is 49.6 Å². The Morgan fingerprint density at radius 3 is 2.86 bits per heavy atom. The van der Waals surface area contributed by atoms with E-state index in [9.17, 15) is 14.4 Å². The predicted molar refractivity (Wildman–Crippen MR) is 107 cm³/mol. The van der Waals surface area contributed by atoms with E-state index < -0.39 is 11.7 Å². The Bertz CT molecular complexity index is 883. The smallest absolute Gasteiger partial charge is 0.261 e. The average Bonchev–Trinajstić information content (AvgIpc) is 2.63. The fourth-order valence-electron chi connectivity index (χ4n) is 3.35. The zero-order chi connectivity index (χ0) is 20.4. The van der Waals surface area contributed by atoms with Gasteiger partial charge in [0.25, 0.3) is 5.91 Å². The molecule has 1 aliphatic heterocycles. The molecule has 1 fully saturated rings. The molecular weight excluding hydrogens is 383 g/mol. The van der Waals surface area contributed by atoms with Gasteiger partial charge in [-0.2, -0.15) is 9.12 Å². The van der Waals surface area contributed by atoms with E-state index in [4.69, 9.17) is 11.6 Å². The van der Waals surface area contributed by atoms with Crippen LogP contribution in [-0.4, -0.2) is 36.5 Å². The quantitative estimate of drug-likeness (QED) is 0.605. The van der Waals surface area contributed by atoms with Gasteiger partial charge in [0.1, 0.15) is 5.56 Å². The number of amides is 1. The molecule has 8 heteroatoms. The van der Waals surface area contributed by atoms with E-state index in [0.29, 0.717) is 21.5 Å². The largest absolute Gasteiger partial charge is 0.618 e. The van der Waals surface area contributed by atoms with Crippen LogP contribution >= 0.6 is 11.6 Å². The van der Waals surface area contributed by atoms with Crippen LogP contribution in [0.2, 0.25) is 5.02 Å². The van der Waals surface area contributed by atoms with Crippen molar-refractivity contribution >= 4 is 23.2 Å². The third kappa shape index (κ3) is 4.60. The van der Waals surface area contributed by atoms with Crippen LogP contribution in [0.1, 0.15) is 34.1 Å².